The summed E-state index contributed by atoms with van der Waals surface area (Å²) in [5, 5.41) is 9.28. The van der Waals surface area contributed by atoms with Gasteiger partial charge in [-0.3, -0.25) is 14.5 Å². The number of hydrogen-bond donors (Lipinski definition) is 1. The van der Waals surface area contributed by atoms with Crippen molar-refractivity contribution in [2.45, 2.75) is 19.5 Å². The van der Waals surface area contributed by atoms with Gasteiger partial charge in [-0.2, -0.15) is 13.2 Å². The van der Waals surface area contributed by atoms with Crippen LogP contribution in [-0.2, 0) is 15.8 Å². The number of benzene rings is 1. The average molecular weight is 399 g/mol. The number of nitrogens with zero attached hydrogens (tertiary/aromatic N) is 3. The number of hydrogen-bond acceptors (Lipinski definition) is 4. The molecule has 1 unspecified atom stereocenters. The van der Waals surface area contributed by atoms with Gasteiger partial charge < -0.3 is 14.9 Å². The van der Waals surface area contributed by atoms with Crippen LogP contribution < -0.4 is 4.90 Å². The number of likely N-dealkylation sites (tertiary alicyclic amines) is 1. The molecule has 0 aromatic heterocycles. The van der Waals surface area contributed by atoms with Crippen molar-refractivity contribution in [1.29, 1.82) is 0 Å². The van der Waals surface area contributed by atoms with Gasteiger partial charge in [0.1, 0.15) is 0 Å². The van der Waals surface area contributed by atoms with E-state index in [4.69, 9.17) is 0 Å². The molecular weight excluding hydrogens is 375 g/mol. The van der Waals surface area contributed by atoms with Gasteiger partial charge in [-0.15, -0.1) is 0 Å². The van der Waals surface area contributed by atoms with Gasteiger partial charge in [0.05, 0.1) is 17.5 Å². The lowest BCUT2D eigenvalue weighted by Gasteiger charge is -2.37. The molecule has 9 heteroatoms. The minimum atomic E-state index is -4.38. The number of piperazine rings is 1. The maximum absolute atomic E-state index is 12.9. The summed E-state index contributed by atoms with van der Waals surface area (Å²) in [6, 6.07) is 5.21. The van der Waals surface area contributed by atoms with Crippen molar-refractivity contribution < 1.29 is 27.9 Å². The van der Waals surface area contributed by atoms with Crippen molar-refractivity contribution in [3.05, 3.63) is 29.8 Å². The summed E-state index contributed by atoms with van der Waals surface area (Å²) < 4.78 is 38.7. The van der Waals surface area contributed by atoms with Crippen LogP contribution in [0.1, 0.15) is 18.9 Å². The quantitative estimate of drug-likeness (QED) is 0.841. The van der Waals surface area contributed by atoms with Gasteiger partial charge in [0.2, 0.25) is 5.91 Å². The molecule has 1 aromatic carbocycles. The number of carbonyl (C=O) groups is 2. The first-order valence-corrected chi connectivity index (χ1v) is 9.24. The lowest BCUT2D eigenvalue weighted by molar-refractivity contribution is -0.147. The van der Waals surface area contributed by atoms with Crippen molar-refractivity contribution in [2.24, 2.45) is 5.41 Å². The largest absolute Gasteiger partial charge is 0.481 e. The number of aliphatic carboxylic acids is 1. The first-order chi connectivity index (χ1) is 13.1. The van der Waals surface area contributed by atoms with E-state index in [0.29, 0.717) is 51.4 Å². The second kappa shape index (κ2) is 7.62. The van der Waals surface area contributed by atoms with E-state index in [-0.39, 0.29) is 12.5 Å². The first kappa shape index (κ1) is 20.4. The smallest absolute Gasteiger partial charge is 0.416 e. The van der Waals surface area contributed by atoms with Crippen LogP contribution in [0.2, 0.25) is 0 Å². The molecule has 6 nitrogen and oxygen atoms in total. The Hall–Kier alpha value is -2.29. The highest BCUT2D eigenvalue weighted by atomic mass is 19.4. The summed E-state index contributed by atoms with van der Waals surface area (Å²) in [5.74, 6) is -0.921. The number of carbonyl (C=O) groups excluding carboxylic acids is 1. The summed E-state index contributed by atoms with van der Waals surface area (Å²) in [6.07, 6.45) is -3.87. The fourth-order valence-electron chi connectivity index (χ4n) is 3.75. The van der Waals surface area contributed by atoms with Crippen LogP contribution in [0.25, 0.3) is 0 Å². The number of carboxylic acids is 1. The molecule has 2 saturated heterocycles. The molecule has 0 spiro atoms. The van der Waals surface area contributed by atoms with E-state index in [9.17, 15) is 27.9 Å². The van der Waals surface area contributed by atoms with Gasteiger partial charge in [0.25, 0.3) is 0 Å². The Morgan fingerprint density at radius 1 is 1.14 bits per heavy atom. The lowest BCUT2D eigenvalue weighted by atomic mass is 9.90. The number of halogens is 3. The van der Waals surface area contributed by atoms with E-state index in [1.54, 1.807) is 17.9 Å². The molecule has 1 N–H and O–H groups in total. The number of carboxylic acid groups (broad SMARTS) is 1. The van der Waals surface area contributed by atoms with E-state index in [1.807, 2.05) is 9.80 Å². The van der Waals surface area contributed by atoms with Gasteiger partial charge in [-0.1, -0.05) is 6.07 Å². The van der Waals surface area contributed by atoms with Gasteiger partial charge >= 0.3 is 12.1 Å². The normalized spacial score (nSPS) is 23.9. The second-order valence-electron chi connectivity index (χ2n) is 7.74. The van der Waals surface area contributed by atoms with Crippen molar-refractivity contribution in [2.75, 3.05) is 50.7 Å². The Bertz CT molecular complexity index is 747. The Morgan fingerprint density at radius 2 is 1.82 bits per heavy atom. The highest BCUT2D eigenvalue weighted by Crippen LogP contribution is 2.32. The Balaban J connectivity index is 1.53. The fraction of sp³-hybridized carbons (Fsp3) is 0.579. The minimum absolute atomic E-state index is 0.0710. The van der Waals surface area contributed by atoms with Crippen LogP contribution in [0.15, 0.2) is 24.3 Å². The first-order valence-electron chi connectivity index (χ1n) is 9.24. The molecule has 28 heavy (non-hydrogen) atoms. The molecule has 154 valence electrons. The molecular formula is C19H24F3N3O3. The van der Waals surface area contributed by atoms with Gasteiger partial charge in [-0.05, 0) is 38.1 Å². The summed E-state index contributed by atoms with van der Waals surface area (Å²) in [6.45, 7) is 4.55. The molecule has 0 radical (unpaired) electrons. The van der Waals surface area contributed by atoms with E-state index in [0.717, 1.165) is 12.1 Å². The number of amides is 1. The van der Waals surface area contributed by atoms with E-state index < -0.39 is 23.1 Å². The maximum Gasteiger partial charge on any atom is 0.416 e. The van der Waals surface area contributed by atoms with Crippen LogP contribution >= 0.6 is 0 Å². The summed E-state index contributed by atoms with van der Waals surface area (Å²) >= 11 is 0. The van der Waals surface area contributed by atoms with E-state index in [2.05, 4.69) is 0 Å². The third-order valence-corrected chi connectivity index (χ3v) is 5.60. The van der Waals surface area contributed by atoms with Crippen molar-refractivity contribution in [3.8, 4) is 0 Å². The molecule has 0 saturated carbocycles. The molecule has 1 atom stereocenters. The maximum atomic E-state index is 12.9. The molecule has 0 bridgehead atoms. The molecule has 2 fully saturated rings. The predicted octanol–water partition coefficient (Wildman–Crippen LogP) is 2.15. The molecule has 2 aliphatic rings. The zero-order valence-corrected chi connectivity index (χ0v) is 15.7. The number of anilines is 1. The monoisotopic (exact) mass is 399 g/mol. The van der Waals surface area contributed by atoms with Gasteiger partial charge in [-0.25, -0.2) is 0 Å². The minimum Gasteiger partial charge on any atom is -0.481 e. The van der Waals surface area contributed by atoms with Crippen LogP contribution in [0.5, 0.6) is 0 Å². The van der Waals surface area contributed by atoms with Crippen molar-refractivity contribution in [3.63, 3.8) is 0 Å². The Labute approximate surface area is 161 Å². The highest BCUT2D eigenvalue weighted by Gasteiger charge is 2.41. The number of rotatable bonds is 4. The van der Waals surface area contributed by atoms with Crippen LogP contribution in [-0.4, -0.2) is 72.6 Å². The van der Waals surface area contributed by atoms with E-state index >= 15 is 0 Å². The molecule has 2 heterocycles. The standard InChI is InChI=1S/C19H24F3N3O3/c1-18(17(27)28)5-6-23(13-18)12-16(26)25-9-7-24(8-10-25)15-4-2-3-14(11-15)19(20,21)22/h2-4,11H,5-10,12-13H2,1H3,(H,27,28). The molecule has 3 rings (SSSR count). The van der Waals surface area contributed by atoms with E-state index in [1.165, 1.54) is 6.07 Å². The Morgan fingerprint density at radius 3 is 2.39 bits per heavy atom. The average Bonchev–Trinajstić information content (AvgIpc) is 3.03. The van der Waals surface area contributed by atoms with Gasteiger partial charge in [0.15, 0.2) is 0 Å². The SMILES string of the molecule is CC1(C(=O)O)CCN(CC(=O)N2CCN(c3cccc(C(F)(F)F)c3)CC2)C1. The van der Waals surface area contributed by atoms with Gasteiger partial charge in [0, 0.05) is 38.4 Å². The van der Waals surface area contributed by atoms with Crippen molar-refractivity contribution in [1.82, 2.24) is 9.80 Å². The molecule has 2 aliphatic heterocycles. The fourth-order valence-corrected chi connectivity index (χ4v) is 3.75. The molecule has 1 aromatic rings. The third kappa shape index (κ3) is 4.40. The molecule has 0 aliphatic carbocycles. The van der Waals surface area contributed by atoms with Crippen molar-refractivity contribution >= 4 is 17.6 Å². The summed E-state index contributed by atoms with van der Waals surface area (Å²) in [4.78, 5) is 29.2. The zero-order valence-electron chi connectivity index (χ0n) is 15.7. The van der Waals surface area contributed by atoms with Crippen LogP contribution in [0, 0.1) is 5.41 Å². The highest BCUT2D eigenvalue weighted by molar-refractivity contribution is 5.79. The summed E-state index contributed by atoms with van der Waals surface area (Å²) in [5.41, 5.74) is -1.000. The predicted molar refractivity (Wildman–Crippen MR) is 97.0 cm³/mol. The summed E-state index contributed by atoms with van der Waals surface area (Å²) in [7, 11) is 0. The molecule has 1 amide bonds. The lowest BCUT2D eigenvalue weighted by Crippen LogP contribution is -2.51. The number of alkyl halides is 3. The second-order valence-corrected chi connectivity index (χ2v) is 7.74. The Kier molecular flexibility index (Phi) is 5.56. The third-order valence-electron chi connectivity index (χ3n) is 5.60. The topological polar surface area (TPSA) is 64.1 Å². The zero-order chi connectivity index (χ0) is 20.5. The van der Waals surface area contributed by atoms with Crippen LogP contribution in [0.3, 0.4) is 0 Å². The van der Waals surface area contributed by atoms with Crippen LogP contribution in [0.4, 0.5) is 18.9 Å².